The van der Waals surface area contributed by atoms with Crippen LogP contribution in [-0.4, -0.2) is 10.1 Å². The predicted octanol–water partition coefficient (Wildman–Crippen LogP) is 2.04. The van der Waals surface area contributed by atoms with Crippen LogP contribution in [0.1, 0.15) is 50.2 Å². The summed E-state index contributed by atoms with van der Waals surface area (Å²) in [6.07, 6.45) is 9.04. The topological polar surface area (TPSA) is 64.9 Å². The molecule has 1 aliphatic carbocycles. The van der Waals surface area contributed by atoms with Crippen LogP contribution in [0.3, 0.4) is 0 Å². The molecule has 15 heavy (non-hydrogen) atoms. The van der Waals surface area contributed by atoms with Crippen molar-refractivity contribution in [3.8, 4) is 0 Å². The van der Waals surface area contributed by atoms with E-state index >= 15 is 0 Å². The zero-order valence-corrected chi connectivity index (χ0v) is 9.11. The molecule has 4 nitrogen and oxygen atoms in total. The van der Waals surface area contributed by atoms with Gasteiger partial charge in [-0.25, -0.2) is 0 Å². The lowest BCUT2D eigenvalue weighted by Crippen LogP contribution is -2.07. The molecule has 2 N–H and O–H groups in total. The molecule has 1 fully saturated rings. The third-order valence-corrected chi connectivity index (χ3v) is 3.18. The van der Waals surface area contributed by atoms with Gasteiger partial charge in [0, 0.05) is 6.42 Å². The highest BCUT2D eigenvalue weighted by atomic mass is 16.5. The van der Waals surface area contributed by atoms with E-state index in [2.05, 4.69) is 10.1 Å². The molecule has 84 valence electrons. The van der Waals surface area contributed by atoms with Crippen molar-refractivity contribution in [3.63, 3.8) is 0 Å². The van der Waals surface area contributed by atoms with E-state index < -0.39 is 0 Å². The molecule has 0 amide bonds. The average molecular weight is 209 g/mol. The maximum absolute atomic E-state index is 5.42. The van der Waals surface area contributed by atoms with Crippen molar-refractivity contribution in [3.05, 3.63) is 11.7 Å². The lowest BCUT2D eigenvalue weighted by atomic mass is 9.86. The molecule has 1 saturated carbocycles. The van der Waals surface area contributed by atoms with Gasteiger partial charge >= 0.3 is 0 Å². The lowest BCUT2D eigenvalue weighted by molar-refractivity contribution is 0.314. The Balaban J connectivity index is 1.76. The van der Waals surface area contributed by atoms with Crippen molar-refractivity contribution in [2.45, 2.75) is 51.5 Å². The van der Waals surface area contributed by atoms with Gasteiger partial charge in [0.25, 0.3) is 0 Å². The van der Waals surface area contributed by atoms with Crippen molar-refractivity contribution in [1.29, 1.82) is 0 Å². The van der Waals surface area contributed by atoms with E-state index in [0.29, 0.717) is 12.4 Å². The minimum atomic E-state index is 0.368. The van der Waals surface area contributed by atoms with Crippen LogP contribution in [0.5, 0.6) is 0 Å². The molecule has 0 radical (unpaired) electrons. The maximum Gasteiger partial charge on any atom is 0.226 e. The molecule has 0 atom stereocenters. The fourth-order valence-corrected chi connectivity index (χ4v) is 2.28. The van der Waals surface area contributed by atoms with Gasteiger partial charge in [-0.15, -0.1) is 0 Å². The molecule has 0 aliphatic heterocycles. The Hall–Kier alpha value is -0.900. The average Bonchev–Trinajstić information content (AvgIpc) is 2.76. The molecule has 0 spiro atoms. The zero-order valence-electron chi connectivity index (χ0n) is 9.11. The first-order chi connectivity index (χ1) is 7.38. The molecule has 4 heteroatoms. The van der Waals surface area contributed by atoms with Crippen LogP contribution >= 0.6 is 0 Å². The molecule has 0 bridgehead atoms. The van der Waals surface area contributed by atoms with Crippen LogP contribution in [-0.2, 0) is 13.0 Å². The minimum absolute atomic E-state index is 0.368. The number of nitrogens with zero attached hydrogens (tertiary/aromatic N) is 2. The number of aryl methyl sites for hydroxylation is 1. The summed E-state index contributed by atoms with van der Waals surface area (Å²) < 4.78 is 5.11. The van der Waals surface area contributed by atoms with Crippen molar-refractivity contribution >= 4 is 0 Å². The number of aromatic nitrogens is 2. The minimum Gasteiger partial charge on any atom is -0.339 e. The summed E-state index contributed by atoms with van der Waals surface area (Å²) in [5, 5.41) is 3.79. The van der Waals surface area contributed by atoms with E-state index in [-0.39, 0.29) is 0 Å². The normalized spacial score (nSPS) is 18.2. The SMILES string of the molecule is NCc1noc(CCC2CCCCC2)n1. The van der Waals surface area contributed by atoms with Crippen LogP contribution in [0.2, 0.25) is 0 Å². The fourth-order valence-electron chi connectivity index (χ4n) is 2.28. The molecule has 0 unspecified atom stereocenters. The monoisotopic (exact) mass is 209 g/mol. The summed E-state index contributed by atoms with van der Waals surface area (Å²) in [5.41, 5.74) is 5.42. The molecule has 0 saturated heterocycles. The largest absolute Gasteiger partial charge is 0.339 e. The Morgan fingerprint density at radius 2 is 2.07 bits per heavy atom. The van der Waals surface area contributed by atoms with Gasteiger partial charge in [0.2, 0.25) is 5.89 Å². The van der Waals surface area contributed by atoms with Gasteiger partial charge in [0.15, 0.2) is 5.82 Å². The molecule has 1 aromatic rings. The van der Waals surface area contributed by atoms with Crippen LogP contribution in [0, 0.1) is 5.92 Å². The Morgan fingerprint density at radius 3 is 2.73 bits per heavy atom. The maximum atomic E-state index is 5.42. The quantitative estimate of drug-likeness (QED) is 0.824. The van der Waals surface area contributed by atoms with Gasteiger partial charge in [-0.1, -0.05) is 37.3 Å². The summed E-state index contributed by atoms with van der Waals surface area (Å²) in [5.74, 6) is 2.24. The Kier molecular flexibility index (Phi) is 3.72. The lowest BCUT2D eigenvalue weighted by Gasteiger charge is -2.20. The van der Waals surface area contributed by atoms with Crippen LogP contribution in [0.15, 0.2) is 4.52 Å². The highest BCUT2D eigenvalue weighted by molar-refractivity contribution is 4.86. The van der Waals surface area contributed by atoms with Crippen LogP contribution in [0.4, 0.5) is 0 Å². The van der Waals surface area contributed by atoms with Gasteiger partial charge in [-0.05, 0) is 12.3 Å². The third-order valence-electron chi connectivity index (χ3n) is 3.18. The first kappa shape index (κ1) is 10.6. The van der Waals surface area contributed by atoms with Gasteiger partial charge < -0.3 is 10.3 Å². The van der Waals surface area contributed by atoms with Gasteiger partial charge in [-0.3, -0.25) is 0 Å². The number of hydrogen-bond donors (Lipinski definition) is 1. The smallest absolute Gasteiger partial charge is 0.226 e. The Bertz CT molecular complexity index is 292. The van der Waals surface area contributed by atoms with Crippen molar-refractivity contribution in [1.82, 2.24) is 10.1 Å². The van der Waals surface area contributed by atoms with Gasteiger partial charge in [0.1, 0.15) is 0 Å². The Labute approximate surface area is 90.2 Å². The molecule has 1 aromatic heterocycles. The second-order valence-corrected chi connectivity index (χ2v) is 4.35. The molecular weight excluding hydrogens is 190 g/mol. The van der Waals surface area contributed by atoms with Gasteiger partial charge in [0.05, 0.1) is 6.54 Å². The molecule has 0 aromatic carbocycles. The van der Waals surface area contributed by atoms with E-state index in [1.54, 1.807) is 0 Å². The van der Waals surface area contributed by atoms with Crippen molar-refractivity contribution in [2.75, 3.05) is 0 Å². The van der Waals surface area contributed by atoms with E-state index in [1.807, 2.05) is 0 Å². The second kappa shape index (κ2) is 5.26. The van der Waals surface area contributed by atoms with E-state index in [0.717, 1.165) is 18.2 Å². The summed E-state index contributed by atoms with van der Waals surface area (Å²) >= 11 is 0. The summed E-state index contributed by atoms with van der Waals surface area (Å²) in [6, 6.07) is 0. The second-order valence-electron chi connectivity index (χ2n) is 4.35. The number of hydrogen-bond acceptors (Lipinski definition) is 4. The summed E-state index contributed by atoms with van der Waals surface area (Å²) in [7, 11) is 0. The highest BCUT2D eigenvalue weighted by Crippen LogP contribution is 2.27. The summed E-state index contributed by atoms with van der Waals surface area (Å²) in [6.45, 7) is 0.368. The Morgan fingerprint density at radius 1 is 1.27 bits per heavy atom. The third kappa shape index (κ3) is 3.02. The zero-order chi connectivity index (χ0) is 10.5. The van der Waals surface area contributed by atoms with Crippen molar-refractivity contribution < 1.29 is 4.52 Å². The van der Waals surface area contributed by atoms with Gasteiger partial charge in [-0.2, -0.15) is 4.98 Å². The molecule has 2 rings (SSSR count). The fraction of sp³-hybridized carbons (Fsp3) is 0.818. The predicted molar refractivity (Wildman–Crippen MR) is 57.1 cm³/mol. The van der Waals surface area contributed by atoms with E-state index in [9.17, 15) is 0 Å². The number of nitrogens with two attached hydrogens (primary N) is 1. The molecular formula is C11H19N3O. The van der Waals surface area contributed by atoms with E-state index in [4.69, 9.17) is 10.3 Å². The highest BCUT2D eigenvalue weighted by Gasteiger charge is 2.14. The van der Waals surface area contributed by atoms with Crippen molar-refractivity contribution in [2.24, 2.45) is 11.7 Å². The van der Waals surface area contributed by atoms with Crippen LogP contribution in [0.25, 0.3) is 0 Å². The first-order valence-corrected chi connectivity index (χ1v) is 5.90. The van der Waals surface area contributed by atoms with Crippen LogP contribution < -0.4 is 5.73 Å². The number of rotatable bonds is 4. The first-order valence-electron chi connectivity index (χ1n) is 5.90. The van der Waals surface area contributed by atoms with E-state index in [1.165, 1.54) is 38.5 Å². The summed E-state index contributed by atoms with van der Waals surface area (Å²) in [4.78, 5) is 4.21. The molecule has 1 aliphatic rings. The molecule has 1 heterocycles. The standard InChI is InChI=1S/C11H19N3O/c12-8-10-13-11(15-14-10)7-6-9-4-2-1-3-5-9/h9H,1-8,12H2.